The number of para-hydroxylation sites is 1. The van der Waals surface area contributed by atoms with Crippen molar-refractivity contribution in [3.63, 3.8) is 0 Å². The maximum atomic E-state index is 10.9. The van der Waals surface area contributed by atoms with Gasteiger partial charge in [0.15, 0.2) is 5.11 Å². The lowest BCUT2D eigenvalue weighted by molar-refractivity contribution is -0.384. The van der Waals surface area contributed by atoms with Crippen molar-refractivity contribution in [3.8, 4) is 0 Å². The molecule has 2 N–H and O–H groups in total. The number of halogens is 1. The molecule has 5 nitrogen and oxygen atoms in total. The lowest BCUT2D eigenvalue weighted by atomic mass is 10.0. The molecule has 0 unspecified atom stereocenters. The fourth-order valence-corrected chi connectivity index (χ4v) is 2.54. The van der Waals surface area contributed by atoms with E-state index in [0.29, 0.717) is 16.7 Å². The molecule has 0 saturated carbocycles. The van der Waals surface area contributed by atoms with E-state index < -0.39 is 4.92 Å². The predicted molar refractivity (Wildman–Crippen MR) is 98.5 cm³/mol. The third-order valence-electron chi connectivity index (χ3n) is 3.23. The van der Waals surface area contributed by atoms with E-state index in [4.69, 9.17) is 23.8 Å². The zero-order valence-corrected chi connectivity index (χ0v) is 14.2. The Hall–Kier alpha value is -2.18. The number of nitrogens with zero attached hydrogens (tertiary/aromatic N) is 1. The average Bonchev–Trinajstić information content (AvgIpc) is 2.49. The van der Waals surface area contributed by atoms with E-state index >= 15 is 0 Å². The van der Waals surface area contributed by atoms with Crippen molar-refractivity contribution in [2.45, 2.75) is 19.8 Å². The molecule has 0 aromatic heterocycles. The summed E-state index contributed by atoms with van der Waals surface area (Å²) in [5.74, 6) is 0.345. The first kappa shape index (κ1) is 17.2. The summed E-state index contributed by atoms with van der Waals surface area (Å²) in [4.78, 5) is 10.4. The molecule has 0 aliphatic rings. The molecule has 23 heavy (non-hydrogen) atoms. The molecule has 0 amide bonds. The van der Waals surface area contributed by atoms with Crippen molar-refractivity contribution in [3.05, 3.63) is 63.2 Å². The zero-order chi connectivity index (χ0) is 17.0. The lowest BCUT2D eigenvalue weighted by Crippen LogP contribution is -2.20. The van der Waals surface area contributed by atoms with Crippen LogP contribution in [0.25, 0.3) is 0 Å². The summed E-state index contributed by atoms with van der Waals surface area (Å²) in [7, 11) is 0. The first-order valence-electron chi connectivity index (χ1n) is 6.99. The van der Waals surface area contributed by atoms with Crippen LogP contribution in [0, 0.1) is 10.1 Å². The summed E-state index contributed by atoms with van der Waals surface area (Å²) in [6, 6.07) is 12.3. The molecule has 0 heterocycles. The number of anilines is 2. The van der Waals surface area contributed by atoms with Crippen molar-refractivity contribution in [1.29, 1.82) is 0 Å². The van der Waals surface area contributed by atoms with E-state index in [9.17, 15) is 10.1 Å². The Bertz CT molecular complexity index is 750. The maximum absolute atomic E-state index is 10.9. The van der Waals surface area contributed by atoms with Gasteiger partial charge in [-0.3, -0.25) is 10.1 Å². The summed E-state index contributed by atoms with van der Waals surface area (Å²) in [6.45, 7) is 4.19. The third-order valence-corrected chi connectivity index (χ3v) is 3.76. The van der Waals surface area contributed by atoms with Gasteiger partial charge in [0.1, 0.15) is 5.02 Å². The first-order chi connectivity index (χ1) is 10.9. The normalized spacial score (nSPS) is 10.4. The van der Waals surface area contributed by atoms with Crippen LogP contribution >= 0.6 is 23.8 Å². The molecule has 0 spiro atoms. The molecule has 2 aromatic carbocycles. The predicted octanol–water partition coefficient (Wildman–Crippen LogP) is 5.18. The van der Waals surface area contributed by atoms with E-state index in [1.807, 2.05) is 24.3 Å². The molecule has 0 radical (unpaired) electrons. The van der Waals surface area contributed by atoms with Crippen LogP contribution in [0.4, 0.5) is 17.1 Å². The molecule has 2 aromatic rings. The number of thiocarbonyl (C=S) groups is 1. The van der Waals surface area contributed by atoms with Gasteiger partial charge in [0.2, 0.25) is 0 Å². The molecule has 7 heteroatoms. The van der Waals surface area contributed by atoms with Gasteiger partial charge in [-0.15, -0.1) is 0 Å². The number of nitrogens with one attached hydrogen (secondary N) is 2. The molecule has 0 fully saturated rings. The van der Waals surface area contributed by atoms with E-state index in [1.54, 1.807) is 6.07 Å². The fourth-order valence-electron chi connectivity index (χ4n) is 2.13. The van der Waals surface area contributed by atoms with Gasteiger partial charge in [-0.1, -0.05) is 43.6 Å². The largest absolute Gasteiger partial charge is 0.332 e. The summed E-state index contributed by atoms with van der Waals surface area (Å²) in [5.41, 5.74) is 2.38. The average molecular weight is 350 g/mol. The highest BCUT2D eigenvalue weighted by Gasteiger charge is 2.13. The molecule has 0 aliphatic heterocycles. The van der Waals surface area contributed by atoms with Crippen LogP contribution < -0.4 is 10.6 Å². The second-order valence-corrected chi connectivity index (χ2v) is 6.06. The van der Waals surface area contributed by atoms with Gasteiger partial charge in [0, 0.05) is 17.4 Å². The van der Waals surface area contributed by atoms with Crippen molar-refractivity contribution < 1.29 is 4.92 Å². The SMILES string of the molecule is CC(C)c1ccccc1NC(=S)Nc1ccc(Cl)c([N+](=O)[O-])c1. The Labute approximate surface area is 144 Å². The molecule has 120 valence electrons. The quantitative estimate of drug-likeness (QED) is 0.452. The number of nitro groups is 1. The number of benzene rings is 2. The summed E-state index contributed by atoms with van der Waals surface area (Å²) in [5, 5.41) is 17.4. The lowest BCUT2D eigenvalue weighted by Gasteiger charge is -2.16. The molecular formula is C16H16ClN3O2S. The number of nitro benzene ring substituents is 1. The summed E-state index contributed by atoms with van der Waals surface area (Å²) < 4.78 is 0. The van der Waals surface area contributed by atoms with Crippen molar-refractivity contribution in [2.24, 2.45) is 0 Å². The van der Waals surface area contributed by atoms with Crippen LogP contribution in [0.5, 0.6) is 0 Å². The van der Waals surface area contributed by atoms with Gasteiger partial charge in [-0.2, -0.15) is 0 Å². The van der Waals surface area contributed by atoms with Crippen LogP contribution in [-0.4, -0.2) is 10.0 Å². The molecule has 2 rings (SSSR count). The highest BCUT2D eigenvalue weighted by molar-refractivity contribution is 7.80. The fraction of sp³-hybridized carbons (Fsp3) is 0.188. The van der Waals surface area contributed by atoms with Gasteiger partial charge in [-0.25, -0.2) is 0 Å². The maximum Gasteiger partial charge on any atom is 0.289 e. The number of hydrogen-bond donors (Lipinski definition) is 2. The minimum Gasteiger partial charge on any atom is -0.332 e. The van der Waals surface area contributed by atoms with E-state index in [-0.39, 0.29) is 10.7 Å². The molecule has 0 saturated heterocycles. The monoisotopic (exact) mass is 349 g/mol. The van der Waals surface area contributed by atoms with Crippen molar-refractivity contribution >= 4 is 46.0 Å². The first-order valence-corrected chi connectivity index (χ1v) is 7.78. The Morgan fingerprint density at radius 1 is 1.22 bits per heavy atom. The second-order valence-electron chi connectivity index (χ2n) is 5.24. The highest BCUT2D eigenvalue weighted by Crippen LogP contribution is 2.28. The van der Waals surface area contributed by atoms with Gasteiger partial charge in [0.25, 0.3) is 5.69 Å². The molecule has 0 aliphatic carbocycles. The Morgan fingerprint density at radius 2 is 1.91 bits per heavy atom. The minimum absolute atomic E-state index is 0.0876. The zero-order valence-electron chi connectivity index (χ0n) is 12.7. The summed E-state index contributed by atoms with van der Waals surface area (Å²) in [6.07, 6.45) is 0. The Kier molecular flexibility index (Phi) is 5.52. The standard InChI is InChI=1S/C16H16ClN3O2S/c1-10(2)12-5-3-4-6-14(12)19-16(23)18-11-7-8-13(17)15(9-11)20(21)22/h3-10H,1-2H3,(H2,18,19,23). The van der Waals surface area contributed by atoms with Gasteiger partial charge < -0.3 is 10.6 Å². The number of rotatable bonds is 4. The van der Waals surface area contributed by atoms with Crippen LogP contribution in [0.2, 0.25) is 5.02 Å². The second kappa shape index (κ2) is 7.39. The van der Waals surface area contributed by atoms with Crippen molar-refractivity contribution in [2.75, 3.05) is 10.6 Å². The molecular weight excluding hydrogens is 334 g/mol. The van der Waals surface area contributed by atoms with Gasteiger partial charge in [0.05, 0.1) is 4.92 Å². The number of hydrogen-bond acceptors (Lipinski definition) is 3. The van der Waals surface area contributed by atoms with Crippen LogP contribution in [-0.2, 0) is 0 Å². The molecule has 0 bridgehead atoms. The smallest absolute Gasteiger partial charge is 0.289 e. The Balaban J connectivity index is 2.15. The highest BCUT2D eigenvalue weighted by atomic mass is 35.5. The van der Waals surface area contributed by atoms with Crippen LogP contribution in [0.3, 0.4) is 0 Å². The topological polar surface area (TPSA) is 67.2 Å². The third kappa shape index (κ3) is 4.40. The van der Waals surface area contributed by atoms with Crippen molar-refractivity contribution in [1.82, 2.24) is 0 Å². The minimum atomic E-state index is -0.530. The van der Waals surface area contributed by atoms with E-state index in [2.05, 4.69) is 24.5 Å². The van der Waals surface area contributed by atoms with Gasteiger partial charge >= 0.3 is 0 Å². The van der Waals surface area contributed by atoms with E-state index in [0.717, 1.165) is 11.3 Å². The molecule has 0 atom stereocenters. The Morgan fingerprint density at radius 3 is 2.57 bits per heavy atom. The van der Waals surface area contributed by atoms with Crippen LogP contribution in [0.15, 0.2) is 42.5 Å². The van der Waals surface area contributed by atoms with Gasteiger partial charge in [-0.05, 0) is 41.9 Å². The van der Waals surface area contributed by atoms with Crippen LogP contribution in [0.1, 0.15) is 25.3 Å². The summed E-state index contributed by atoms with van der Waals surface area (Å²) >= 11 is 11.1. The van der Waals surface area contributed by atoms with E-state index in [1.165, 1.54) is 12.1 Å².